The number of fused-ring (bicyclic) bond motifs is 1. The van der Waals surface area contributed by atoms with Crippen molar-refractivity contribution in [3.63, 3.8) is 0 Å². The number of benzene rings is 2. The van der Waals surface area contributed by atoms with E-state index in [1.54, 1.807) is 39.2 Å². The van der Waals surface area contributed by atoms with Crippen molar-refractivity contribution in [1.29, 1.82) is 0 Å². The summed E-state index contributed by atoms with van der Waals surface area (Å²) in [5.41, 5.74) is 1.85. The van der Waals surface area contributed by atoms with Gasteiger partial charge in [-0.2, -0.15) is 0 Å². The van der Waals surface area contributed by atoms with Gasteiger partial charge in [0.25, 0.3) is 5.56 Å². The highest BCUT2D eigenvalue weighted by Gasteiger charge is 2.34. The predicted octanol–water partition coefficient (Wildman–Crippen LogP) is 4.36. The van der Waals surface area contributed by atoms with Gasteiger partial charge in [-0.15, -0.1) is 0 Å². The molecule has 0 amide bonds. The zero-order valence-corrected chi connectivity index (χ0v) is 29.5. The summed E-state index contributed by atoms with van der Waals surface area (Å²) >= 11 is 5.48. The third kappa shape index (κ3) is 7.25. The van der Waals surface area contributed by atoms with Crippen molar-refractivity contribution >= 4 is 74.5 Å². The average Bonchev–Trinajstić information content (AvgIpc) is 3.25. The van der Waals surface area contributed by atoms with E-state index in [1.807, 2.05) is 32.0 Å². The second kappa shape index (κ2) is 14.2. The first-order chi connectivity index (χ1) is 20.5. The van der Waals surface area contributed by atoms with Crippen LogP contribution < -0.4 is 29.1 Å². The SMILES string of the molecule is CCOC(=O)C1=C(C)N=c2s/c(=C\c3cc(I)c(OCC(=O)OC)c(I)c3)c(=O)n2[C@@H]1c1ccc(OC(C)C)c(OC)c1. The van der Waals surface area contributed by atoms with Crippen molar-refractivity contribution in [3.05, 3.63) is 79.6 Å². The third-order valence-electron chi connectivity index (χ3n) is 6.26. The molecule has 0 spiro atoms. The van der Waals surface area contributed by atoms with E-state index < -0.39 is 18.0 Å². The van der Waals surface area contributed by atoms with Gasteiger partial charge in [-0.25, -0.2) is 14.6 Å². The van der Waals surface area contributed by atoms with Crippen molar-refractivity contribution in [2.45, 2.75) is 39.8 Å². The minimum absolute atomic E-state index is 0.0748. The summed E-state index contributed by atoms with van der Waals surface area (Å²) in [6.45, 7) is 7.27. The molecule has 1 atom stereocenters. The zero-order valence-electron chi connectivity index (χ0n) is 24.4. The van der Waals surface area contributed by atoms with Crippen LogP contribution in [0.15, 0.2) is 51.4 Å². The maximum atomic E-state index is 14.0. The number of carbonyl (C=O) groups excluding carboxylic acids is 2. The van der Waals surface area contributed by atoms with E-state index in [9.17, 15) is 14.4 Å². The number of hydrogen-bond donors (Lipinski definition) is 0. The number of ether oxygens (including phenoxy) is 5. The molecule has 1 aromatic heterocycles. The Morgan fingerprint density at radius 3 is 2.42 bits per heavy atom. The van der Waals surface area contributed by atoms with E-state index in [0.29, 0.717) is 37.8 Å². The molecular formula is C30H30I2N2O8S. The maximum Gasteiger partial charge on any atom is 0.343 e. The van der Waals surface area contributed by atoms with Gasteiger partial charge in [-0.1, -0.05) is 17.4 Å². The lowest BCUT2D eigenvalue weighted by atomic mass is 9.95. The highest BCUT2D eigenvalue weighted by molar-refractivity contribution is 14.1. The third-order valence-corrected chi connectivity index (χ3v) is 8.85. The van der Waals surface area contributed by atoms with Crippen LogP contribution in [0, 0.1) is 7.14 Å². The Kier molecular flexibility index (Phi) is 10.9. The number of rotatable bonds is 10. The number of carbonyl (C=O) groups is 2. The maximum absolute atomic E-state index is 14.0. The fraction of sp³-hybridized carbons (Fsp3) is 0.333. The van der Waals surface area contributed by atoms with Gasteiger partial charge in [0.1, 0.15) is 5.75 Å². The second-order valence-electron chi connectivity index (χ2n) is 9.56. The Morgan fingerprint density at radius 2 is 1.81 bits per heavy atom. The Balaban J connectivity index is 1.86. The van der Waals surface area contributed by atoms with Gasteiger partial charge in [0, 0.05) is 0 Å². The van der Waals surface area contributed by atoms with Crippen LogP contribution in [0.5, 0.6) is 17.2 Å². The summed E-state index contributed by atoms with van der Waals surface area (Å²) in [7, 11) is 2.84. The van der Waals surface area contributed by atoms with Crippen molar-refractivity contribution in [1.82, 2.24) is 4.57 Å². The molecule has 13 heteroatoms. The summed E-state index contributed by atoms with van der Waals surface area (Å²) in [4.78, 5) is 43.9. The van der Waals surface area contributed by atoms with Crippen molar-refractivity contribution in [2.24, 2.45) is 4.99 Å². The highest BCUT2D eigenvalue weighted by atomic mass is 127. The quantitative estimate of drug-likeness (QED) is 0.219. The molecule has 3 aromatic rings. The molecule has 0 unspecified atom stereocenters. The molecule has 0 saturated heterocycles. The van der Waals surface area contributed by atoms with Gasteiger partial charge < -0.3 is 23.7 Å². The smallest absolute Gasteiger partial charge is 0.343 e. The van der Waals surface area contributed by atoms with Crippen LogP contribution in [-0.2, 0) is 19.1 Å². The van der Waals surface area contributed by atoms with Crippen LogP contribution in [0.25, 0.3) is 6.08 Å². The van der Waals surface area contributed by atoms with Crippen LogP contribution in [0.1, 0.15) is 44.9 Å². The molecule has 1 aliphatic heterocycles. The van der Waals surface area contributed by atoms with Crippen molar-refractivity contribution < 1.29 is 33.3 Å². The Hall–Kier alpha value is -2.92. The number of methoxy groups -OCH3 is 2. The number of thiazole rings is 1. The molecular weight excluding hydrogens is 802 g/mol. The normalized spacial score (nSPS) is 14.7. The van der Waals surface area contributed by atoms with Crippen LogP contribution in [-0.4, -0.2) is 50.0 Å². The number of halogens is 2. The van der Waals surface area contributed by atoms with Crippen LogP contribution in [0.3, 0.4) is 0 Å². The monoisotopic (exact) mass is 832 g/mol. The van der Waals surface area contributed by atoms with Gasteiger partial charge in [0.2, 0.25) is 0 Å². The fourth-order valence-corrected chi connectivity index (χ4v) is 7.63. The minimum Gasteiger partial charge on any atom is -0.493 e. The summed E-state index contributed by atoms with van der Waals surface area (Å²) in [5.74, 6) is 0.554. The number of aromatic nitrogens is 1. The number of esters is 2. The second-order valence-corrected chi connectivity index (χ2v) is 12.9. The molecule has 0 fully saturated rings. The Labute approximate surface area is 279 Å². The molecule has 10 nitrogen and oxygen atoms in total. The van der Waals surface area contributed by atoms with Crippen molar-refractivity contribution in [3.8, 4) is 17.2 Å². The number of nitrogens with zero attached hydrogens (tertiary/aromatic N) is 2. The van der Waals surface area contributed by atoms with E-state index in [2.05, 4.69) is 54.9 Å². The zero-order chi connectivity index (χ0) is 31.4. The molecule has 0 radical (unpaired) electrons. The molecule has 0 saturated carbocycles. The molecule has 2 heterocycles. The number of hydrogen-bond acceptors (Lipinski definition) is 10. The minimum atomic E-state index is -0.797. The number of allylic oxidation sites excluding steroid dienone is 1. The molecule has 4 rings (SSSR count). The molecule has 0 aliphatic carbocycles. The van der Waals surface area contributed by atoms with E-state index in [1.165, 1.54) is 23.0 Å². The Bertz CT molecular complexity index is 1750. The lowest BCUT2D eigenvalue weighted by Gasteiger charge is -2.25. The molecule has 1 aliphatic rings. The molecule has 0 bridgehead atoms. The van der Waals surface area contributed by atoms with E-state index in [4.69, 9.17) is 18.9 Å². The van der Waals surface area contributed by atoms with Gasteiger partial charge in [-0.3, -0.25) is 9.36 Å². The topological polar surface area (TPSA) is 115 Å². The molecule has 2 aromatic carbocycles. The van der Waals surface area contributed by atoms with Gasteiger partial charge in [0.05, 0.1) is 55.9 Å². The van der Waals surface area contributed by atoms with E-state index in [-0.39, 0.29) is 30.5 Å². The summed E-state index contributed by atoms with van der Waals surface area (Å²) in [6, 6.07) is 8.29. The van der Waals surface area contributed by atoms with E-state index >= 15 is 0 Å². The summed E-state index contributed by atoms with van der Waals surface area (Å²) in [5, 5.41) is 0. The summed E-state index contributed by atoms with van der Waals surface area (Å²) < 4.78 is 30.7. The van der Waals surface area contributed by atoms with E-state index in [0.717, 1.165) is 12.7 Å². The highest BCUT2D eigenvalue weighted by Crippen LogP contribution is 2.36. The van der Waals surface area contributed by atoms with Crippen LogP contribution >= 0.6 is 56.5 Å². The van der Waals surface area contributed by atoms with Gasteiger partial charge in [0.15, 0.2) is 22.9 Å². The van der Waals surface area contributed by atoms with Gasteiger partial charge >= 0.3 is 11.9 Å². The summed E-state index contributed by atoms with van der Waals surface area (Å²) in [6.07, 6.45) is 1.70. The molecule has 228 valence electrons. The van der Waals surface area contributed by atoms with Crippen molar-refractivity contribution in [2.75, 3.05) is 27.4 Å². The standard InChI is InChI=1S/C30H30I2N2O8S/c1-7-40-29(37)25-16(4)33-30-34(26(25)18-8-9-21(42-15(2)3)22(13-18)38-5)28(36)23(43-30)12-17-10-19(31)27(20(32)11-17)41-14-24(35)39-6/h8-13,15,26H,7,14H2,1-6H3/b23-12-/t26-/m1/s1. The first kappa shape index (κ1) is 33.0. The first-order valence-corrected chi connectivity index (χ1v) is 16.2. The van der Waals surface area contributed by atoms with Gasteiger partial charge in [-0.05, 0) is 114 Å². The largest absolute Gasteiger partial charge is 0.493 e. The molecule has 43 heavy (non-hydrogen) atoms. The average molecular weight is 832 g/mol. The van der Waals surface area contributed by atoms with Crippen LogP contribution in [0.2, 0.25) is 0 Å². The predicted molar refractivity (Wildman–Crippen MR) is 179 cm³/mol. The van der Waals surface area contributed by atoms with Crippen LogP contribution in [0.4, 0.5) is 0 Å². The Morgan fingerprint density at radius 1 is 1.12 bits per heavy atom. The fourth-order valence-electron chi connectivity index (χ4n) is 4.45. The lowest BCUT2D eigenvalue weighted by Crippen LogP contribution is -2.40. The lowest BCUT2D eigenvalue weighted by molar-refractivity contribution is -0.143. The first-order valence-electron chi connectivity index (χ1n) is 13.2. The molecule has 0 N–H and O–H groups in total.